The molecule has 1 aliphatic rings. The third kappa shape index (κ3) is 4.43. The predicted octanol–water partition coefficient (Wildman–Crippen LogP) is 5.18. The second-order valence-corrected chi connectivity index (χ2v) is 7.79. The molecule has 0 saturated carbocycles. The Bertz CT molecular complexity index is 721. The third-order valence-corrected chi connectivity index (χ3v) is 5.70. The van der Waals surface area contributed by atoms with E-state index in [0.717, 1.165) is 29.0 Å². The van der Waals surface area contributed by atoms with Gasteiger partial charge in [0.15, 0.2) is 0 Å². The molecule has 3 nitrogen and oxygen atoms in total. The first-order chi connectivity index (χ1) is 12.0. The minimum Gasteiger partial charge on any atom is -0.372 e. The van der Waals surface area contributed by atoms with Gasteiger partial charge in [-0.15, -0.1) is 0 Å². The van der Waals surface area contributed by atoms with E-state index in [0.29, 0.717) is 5.56 Å². The molecule has 1 saturated heterocycles. The first-order valence-corrected chi connectivity index (χ1v) is 9.74. The maximum Gasteiger partial charge on any atom is 0.252 e. The van der Waals surface area contributed by atoms with E-state index in [4.69, 9.17) is 0 Å². The highest BCUT2D eigenvalue weighted by molar-refractivity contribution is 9.10. The third-order valence-electron chi connectivity index (χ3n) is 5.01. The van der Waals surface area contributed by atoms with E-state index in [9.17, 15) is 4.79 Å². The highest BCUT2D eigenvalue weighted by Gasteiger charge is 2.17. The van der Waals surface area contributed by atoms with Crippen LogP contribution in [0.25, 0.3) is 0 Å². The van der Waals surface area contributed by atoms with Gasteiger partial charge in [0.05, 0.1) is 11.6 Å². The average Bonchev–Trinajstić information content (AvgIpc) is 2.63. The molecule has 1 N–H and O–H groups in total. The number of hydrogen-bond acceptors (Lipinski definition) is 2. The van der Waals surface area contributed by atoms with Gasteiger partial charge in [-0.05, 0) is 71.4 Å². The summed E-state index contributed by atoms with van der Waals surface area (Å²) in [5.41, 5.74) is 3.06. The molecule has 1 atom stereocenters. The number of nitrogens with one attached hydrogen (secondary N) is 1. The Hall–Kier alpha value is -1.81. The lowest BCUT2D eigenvalue weighted by atomic mass is 9.98. The summed E-state index contributed by atoms with van der Waals surface area (Å²) in [6, 6.07) is 16.0. The molecular formula is C21H25BrN2O. The summed E-state index contributed by atoms with van der Waals surface area (Å²) < 4.78 is 0.814. The molecule has 0 aliphatic carbocycles. The Morgan fingerprint density at radius 1 is 1.12 bits per heavy atom. The van der Waals surface area contributed by atoms with E-state index in [1.165, 1.54) is 18.5 Å². The molecule has 1 heterocycles. The standard InChI is InChI=1S/C21H25BrN2O/c1-15-11-13-24(14-12-15)18-9-7-17(8-10-18)16(2)23-21(25)19-5-3-4-6-20(19)22/h3-10,15-16H,11-14H2,1-2H3,(H,23,25). The molecule has 1 unspecified atom stereocenters. The zero-order valence-electron chi connectivity index (χ0n) is 14.8. The fraction of sp³-hybridized carbons (Fsp3) is 0.381. The Balaban J connectivity index is 1.64. The molecule has 3 rings (SSSR count). The number of hydrogen-bond donors (Lipinski definition) is 1. The van der Waals surface area contributed by atoms with Crippen LogP contribution < -0.4 is 10.2 Å². The normalized spacial score (nSPS) is 16.5. The van der Waals surface area contributed by atoms with Gasteiger partial charge in [0.1, 0.15) is 0 Å². The van der Waals surface area contributed by atoms with Crippen LogP contribution in [0.5, 0.6) is 0 Å². The largest absolute Gasteiger partial charge is 0.372 e. The lowest BCUT2D eigenvalue weighted by Crippen LogP contribution is -2.32. The smallest absolute Gasteiger partial charge is 0.252 e. The highest BCUT2D eigenvalue weighted by Crippen LogP contribution is 2.25. The van der Waals surface area contributed by atoms with Crippen LogP contribution in [-0.4, -0.2) is 19.0 Å². The lowest BCUT2D eigenvalue weighted by Gasteiger charge is -2.32. The number of nitrogens with zero attached hydrogens (tertiary/aromatic N) is 1. The number of carbonyl (C=O) groups is 1. The first kappa shape index (κ1) is 18.0. The Morgan fingerprint density at radius 2 is 1.76 bits per heavy atom. The predicted molar refractivity (Wildman–Crippen MR) is 107 cm³/mol. The van der Waals surface area contributed by atoms with Crippen LogP contribution in [0.3, 0.4) is 0 Å². The summed E-state index contributed by atoms with van der Waals surface area (Å²) in [6.07, 6.45) is 2.53. The van der Waals surface area contributed by atoms with E-state index < -0.39 is 0 Å². The van der Waals surface area contributed by atoms with Crippen molar-refractivity contribution < 1.29 is 4.79 Å². The monoisotopic (exact) mass is 400 g/mol. The average molecular weight is 401 g/mol. The second-order valence-electron chi connectivity index (χ2n) is 6.94. The van der Waals surface area contributed by atoms with Gasteiger partial charge >= 0.3 is 0 Å². The van der Waals surface area contributed by atoms with E-state index in [1.807, 2.05) is 31.2 Å². The van der Waals surface area contributed by atoms with Crippen LogP contribution in [-0.2, 0) is 0 Å². The van der Waals surface area contributed by atoms with Crippen molar-refractivity contribution in [1.29, 1.82) is 0 Å². The van der Waals surface area contributed by atoms with Crippen LogP contribution in [0.1, 0.15) is 48.7 Å². The molecule has 0 bridgehead atoms. The highest BCUT2D eigenvalue weighted by atomic mass is 79.9. The lowest BCUT2D eigenvalue weighted by molar-refractivity contribution is 0.0939. The summed E-state index contributed by atoms with van der Waals surface area (Å²) in [5, 5.41) is 3.08. The zero-order valence-corrected chi connectivity index (χ0v) is 16.4. The second kappa shape index (κ2) is 8.05. The maximum atomic E-state index is 12.4. The van der Waals surface area contributed by atoms with Crippen LogP contribution in [0.4, 0.5) is 5.69 Å². The van der Waals surface area contributed by atoms with Gasteiger partial charge in [0.25, 0.3) is 5.91 Å². The summed E-state index contributed by atoms with van der Waals surface area (Å²) >= 11 is 3.43. The fourth-order valence-corrected chi connectivity index (χ4v) is 3.71. The van der Waals surface area contributed by atoms with Crippen molar-refractivity contribution in [3.63, 3.8) is 0 Å². The molecular weight excluding hydrogens is 376 g/mol. The van der Waals surface area contributed by atoms with Gasteiger partial charge in [-0.3, -0.25) is 4.79 Å². The van der Waals surface area contributed by atoms with Crippen molar-refractivity contribution in [1.82, 2.24) is 5.32 Å². The topological polar surface area (TPSA) is 32.3 Å². The Labute approximate surface area is 158 Å². The van der Waals surface area contributed by atoms with Gasteiger partial charge in [0, 0.05) is 23.2 Å². The zero-order chi connectivity index (χ0) is 17.8. The van der Waals surface area contributed by atoms with Crippen molar-refractivity contribution in [3.05, 3.63) is 64.1 Å². The van der Waals surface area contributed by atoms with E-state index in [-0.39, 0.29) is 11.9 Å². The molecule has 2 aromatic rings. The van der Waals surface area contributed by atoms with E-state index >= 15 is 0 Å². The number of piperidine rings is 1. The fourth-order valence-electron chi connectivity index (χ4n) is 3.24. The molecule has 132 valence electrons. The molecule has 4 heteroatoms. The van der Waals surface area contributed by atoms with E-state index in [1.54, 1.807) is 0 Å². The number of amides is 1. The molecule has 0 spiro atoms. The van der Waals surface area contributed by atoms with Gasteiger partial charge < -0.3 is 10.2 Å². The number of anilines is 1. The van der Waals surface area contributed by atoms with Gasteiger partial charge in [-0.2, -0.15) is 0 Å². The van der Waals surface area contributed by atoms with Crippen LogP contribution in [0, 0.1) is 5.92 Å². The van der Waals surface area contributed by atoms with Gasteiger partial charge in [-0.1, -0.05) is 31.2 Å². The number of halogens is 1. The molecule has 1 fully saturated rings. The SMILES string of the molecule is CC1CCN(c2ccc(C(C)NC(=O)c3ccccc3Br)cc2)CC1. The van der Waals surface area contributed by atoms with Crippen molar-refractivity contribution >= 4 is 27.5 Å². The van der Waals surface area contributed by atoms with Gasteiger partial charge in [-0.25, -0.2) is 0 Å². The summed E-state index contributed by atoms with van der Waals surface area (Å²) in [6.45, 7) is 6.62. The van der Waals surface area contributed by atoms with Crippen LogP contribution in [0.2, 0.25) is 0 Å². The minimum absolute atomic E-state index is 0.0324. The van der Waals surface area contributed by atoms with Crippen molar-refractivity contribution in [2.24, 2.45) is 5.92 Å². The Kier molecular flexibility index (Phi) is 5.79. The molecule has 1 aliphatic heterocycles. The summed E-state index contributed by atoms with van der Waals surface area (Å²) in [5.74, 6) is 0.775. The van der Waals surface area contributed by atoms with Crippen LogP contribution >= 0.6 is 15.9 Å². The van der Waals surface area contributed by atoms with E-state index in [2.05, 4.69) is 57.3 Å². The van der Waals surface area contributed by atoms with Crippen molar-refractivity contribution in [2.75, 3.05) is 18.0 Å². The minimum atomic E-state index is -0.0610. The summed E-state index contributed by atoms with van der Waals surface area (Å²) in [7, 11) is 0. The van der Waals surface area contributed by atoms with Crippen molar-refractivity contribution in [3.8, 4) is 0 Å². The van der Waals surface area contributed by atoms with Crippen LogP contribution in [0.15, 0.2) is 53.0 Å². The Morgan fingerprint density at radius 3 is 2.40 bits per heavy atom. The number of benzene rings is 2. The number of carbonyl (C=O) groups excluding carboxylic acids is 1. The molecule has 2 aromatic carbocycles. The first-order valence-electron chi connectivity index (χ1n) is 8.95. The molecule has 0 aromatic heterocycles. The molecule has 25 heavy (non-hydrogen) atoms. The summed E-state index contributed by atoms with van der Waals surface area (Å²) in [4.78, 5) is 14.9. The molecule has 0 radical (unpaired) electrons. The quantitative estimate of drug-likeness (QED) is 0.766. The van der Waals surface area contributed by atoms with Crippen molar-refractivity contribution in [2.45, 2.75) is 32.7 Å². The number of rotatable bonds is 4. The molecule has 1 amide bonds. The van der Waals surface area contributed by atoms with Gasteiger partial charge in [0.2, 0.25) is 0 Å². The maximum absolute atomic E-state index is 12.4.